The lowest BCUT2D eigenvalue weighted by Crippen LogP contribution is -2.41. The molecule has 0 amide bonds. The third-order valence-corrected chi connectivity index (χ3v) is 3.27. The van der Waals surface area contributed by atoms with E-state index in [-0.39, 0.29) is 18.8 Å². The van der Waals surface area contributed by atoms with Gasteiger partial charge in [-0.15, -0.1) is 0 Å². The van der Waals surface area contributed by atoms with Gasteiger partial charge in [-0.05, 0) is 47.0 Å². The molecule has 2 atom stereocenters. The lowest BCUT2D eigenvalue weighted by molar-refractivity contribution is -0.385. The van der Waals surface area contributed by atoms with Gasteiger partial charge in [0.25, 0.3) is 5.97 Å². The molecule has 0 aromatic carbocycles. The highest BCUT2D eigenvalue weighted by molar-refractivity contribution is 4.59. The first-order chi connectivity index (χ1) is 11.0. The number of aliphatic hydroxyl groups is 1. The zero-order valence-electron chi connectivity index (χ0n) is 15.5. The molecular weight excluding hydrogens is 300 g/mol. The third-order valence-electron chi connectivity index (χ3n) is 3.27. The molecule has 0 aromatic heterocycles. The van der Waals surface area contributed by atoms with Crippen LogP contribution in [0.1, 0.15) is 53.4 Å². The van der Waals surface area contributed by atoms with Crippen molar-refractivity contribution in [1.29, 1.82) is 0 Å². The van der Waals surface area contributed by atoms with E-state index in [1.165, 1.54) is 0 Å². The van der Waals surface area contributed by atoms with Crippen molar-refractivity contribution in [3.8, 4) is 0 Å². The Hall–Kier alpha value is -0.240. The number of rotatable bonds is 16. The van der Waals surface area contributed by atoms with E-state index >= 15 is 0 Å². The number of methoxy groups -OCH3 is 1. The van der Waals surface area contributed by atoms with Gasteiger partial charge in [0.2, 0.25) is 0 Å². The van der Waals surface area contributed by atoms with Gasteiger partial charge in [-0.1, -0.05) is 0 Å². The van der Waals surface area contributed by atoms with Crippen molar-refractivity contribution < 1.29 is 28.8 Å². The fourth-order valence-corrected chi connectivity index (χ4v) is 2.08. The van der Waals surface area contributed by atoms with Crippen molar-refractivity contribution in [2.45, 2.75) is 71.6 Å². The summed E-state index contributed by atoms with van der Waals surface area (Å²) in [7, 11) is 1.58. The predicted octanol–water partition coefficient (Wildman–Crippen LogP) is 2.72. The molecular formula is C17H36O6. The van der Waals surface area contributed by atoms with E-state index in [1.807, 2.05) is 27.7 Å². The largest absolute Gasteiger partial charge is 0.396 e. The highest BCUT2D eigenvalue weighted by atomic mass is 16.9. The van der Waals surface area contributed by atoms with Crippen LogP contribution in [0, 0.1) is 0 Å². The summed E-state index contributed by atoms with van der Waals surface area (Å²) >= 11 is 0. The van der Waals surface area contributed by atoms with Crippen LogP contribution in [0.2, 0.25) is 0 Å². The zero-order chi connectivity index (χ0) is 17.6. The van der Waals surface area contributed by atoms with E-state index in [0.29, 0.717) is 32.8 Å². The van der Waals surface area contributed by atoms with Gasteiger partial charge < -0.3 is 28.8 Å². The Morgan fingerprint density at radius 3 is 2.35 bits per heavy atom. The van der Waals surface area contributed by atoms with Crippen molar-refractivity contribution >= 4 is 0 Å². The van der Waals surface area contributed by atoms with Gasteiger partial charge in [0.05, 0.1) is 25.2 Å². The van der Waals surface area contributed by atoms with Gasteiger partial charge >= 0.3 is 0 Å². The normalized spacial score (nSPS) is 15.8. The second kappa shape index (κ2) is 14.1. The van der Waals surface area contributed by atoms with E-state index in [2.05, 4.69) is 0 Å². The minimum atomic E-state index is -1.03. The molecule has 0 rings (SSSR count). The minimum Gasteiger partial charge on any atom is -0.396 e. The van der Waals surface area contributed by atoms with Crippen LogP contribution >= 0.6 is 0 Å². The SMILES string of the molecule is CCOC(CCOCCC(C)OCCCCO)(OC)OC(C)C. The Morgan fingerprint density at radius 1 is 1.04 bits per heavy atom. The predicted molar refractivity (Wildman–Crippen MR) is 89.4 cm³/mol. The molecule has 0 bridgehead atoms. The number of hydrogen-bond acceptors (Lipinski definition) is 6. The summed E-state index contributed by atoms with van der Waals surface area (Å²) in [5.41, 5.74) is 0. The first-order valence-corrected chi connectivity index (χ1v) is 8.66. The van der Waals surface area contributed by atoms with Crippen LogP contribution in [0.15, 0.2) is 0 Å². The van der Waals surface area contributed by atoms with E-state index in [4.69, 9.17) is 28.8 Å². The van der Waals surface area contributed by atoms with E-state index in [9.17, 15) is 0 Å². The monoisotopic (exact) mass is 336 g/mol. The number of unbranched alkanes of at least 4 members (excludes halogenated alkanes) is 1. The summed E-state index contributed by atoms with van der Waals surface area (Å²) in [6.07, 6.45) is 3.18. The molecule has 6 heteroatoms. The molecule has 0 aliphatic rings. The lowest BCUT2D eigenvalue weighted by Gasteiger charge is -2.33. The molecule has 2 unspecified atom stereocenters. The van der Waals surface area contributed by atoms with Crippen LogP contribution < -0.4 is 0 Å². The van der Waals surface area contributed by atoms with Gasteiger partial charge in [0.15, 0.2) is 0 Å². The second-order valence-electron chi connectivity index (χ2n) is 5.75. The van der Waals surface area contributed by atoms with Gasteiger partial charge in [-0.3, -0.25) is 0 Å². The van der Waals surface area contributed by atoms with Crippen molar-refractivity contribution in [1.82, 2.24) is 0 Å². The number of aliphatic hydroxyl groups excluding tert-OH is 1. The highest BCUT2D eigenvalue weighted by Crippen LogP contribution is 2.21. The van der Waals surface area contributed by atoms with Crippen LogP contribution in [0.25, 0.3) is 0 Å². The van der Waals surface area contributed by atoms with Crippen LogP contribution in [0.5, 0.6) is 0 Å². The van der Waals surface area contributed by atoms with Crippen molar-refractivity contribution in [2.75, 3.05) is 40.1 Å². The summed E-state index contributed by atoms with van der Waals surface area (Å²) in [5.74, 6) is -1.03. The third kappa shape index (κ3) is 11.9. The topological polar surface area (TPSA) is 66.4 Å². The molecule has 0 saturated heterocycles. The molecule has 0 radical (unpaired) electrons. The summed E-state index contributed by atoms with van der Waals surface area (Å²) in [6, 6.07) is 0. The fraction of sp³-hybridized carbons (Fsp3) is 1.00. The summed E-state index contributed by atoms with van der Waals surface area (Å²) in [6.45, 7) is 10.4. The molecule has 0 spiro atoms. The molecule has 1 N–H and O–H groups in total. The Morgan fingerprint density at radius 2 is 1.78 bits per heavy atom. The first kappa shape index (κ1) is 22.8. The van der Waals surface area contributed by atoms with Gasteiger partial charge in [-0.2, -0.15) is 0 Å². The van der Waals surface area contributed by atoms with Crippen LogP contribution in [0.4, 0.5) is 0 Å². The highest BCUT2D eigenvalue weighted by Gasteiger charge is 2.32. The van der Waals surface area contributed by atoms with Crippen molar-refractivity contribution in [2.24, 2.45) is 0 Å². The van der Waals surface area contributed by atoms with Crippen LogP contribution in [-0.2, 0) is 23.7 Å². The Labute approximate surface area is 141 Å². The van der Waals surface area contributed by atoms with Gasteiger partial charge in [0, 0.05) is 33.5 Å². The summed E-state index contributed by atoms with van der Waals surface area (Å²) in [4.78, 5) is 0. The number of hydrogen-bond donors (Lipinski definition) is 1. The fourth-order valence-electron chi connectivity index (χ4n) is 2.08. The first-order valence-electron chi connectivity index (χ1n) is 8.66. The zero-order valence-corrected chi connectivity index (χ0v) is 15.5. The summed E-state index contributed by atoms with van der Waals surface area (Å²) < 4.78 is 28.1. The molecule has 0 aliphatic carbocycles. The maximum Gasteiger partial charge on any atom is 0.285 e. The molecule has 140 valence electrons. The number of ether oxygens (including phenoxy) is 5. The lowest BCUT2D eigenvalue weighted by atomic mass is 10.3. The molecule has 0 fully saturated rings. The summed E-state index contributed by atoms with van der Waals surface area (Å²) in [5, 5.41) is 8.70. The average molecular weight is 336 g/mol. The smallest absolute Gasteiger partial charge is 0.285 e. The quantitative estimate of drug-likeness (QED) is 0.345. The Kier molecular flexibility index (Phi) is 14.0. The van der Waals surface area contributed by atoms with E-state index in [0.717, 1.165) is 19.3 Å². The molecule has 23 heavy (non-hydrogen) atoms. The van der Waals surface area contributed by atoms with Crippen molar-refractivity contribution in [3.05, 3.63) is 0 Å². The maximum absolute atomic E-state index is 8.70. The van der Waals surface area contributed by atoms with Crippen molar-refractivity contribution in [3.63, 3.8) is 0 Å². The second-order valence-corrected chi connectivity index (χ2v) is 5.75. The van der Waals surface area contributed by atoms with E-state index in [1.54, 1.807) is 7.11 Å². The van der Waals surface area contributed by atoms with E-state index < -0.39 is 5.97 Å². The molecule has 0 aromatic rings. The van der Waals surface area contributed by atoms with Gasteiger partial charge in [0.1, 0.15) is 0 Å². The minimum absolute atomic E-state index is 0.00819. The maximum atomic E-state index is 8.70. The molecule has 0 saturated carbocycles. The van der Waals surface area contributed by atoms with Crippen LogP contribution in [0.3, 0.4) is 0 Å². The molecule has 0 heterocycles. The molecule has 0 aliphatic heterocycles. The Balaban J connectivity index is 3.88. The standard InChI is InChI=1S/C17H36O6/c1-6-22-17(19-5,23-15(2)3)10-14-20-13-9-16(4)21-12-8-7-11-18/h15-16,18H,6-14H2,1-5H3. The van der Waals surface area contributed by atoms with Crippen LogP contribution in [-0.4, -0.2) is 63.4 Å². The van der Waals surface area contributed by atoms with Gasteiger partial charge in [-0.25, -0.2) is 0 Å². The average Bonchev–Trinajstić information content (AvgIpc) is 2.50. The molecule has 6 nitrogen and oxygen atoms in total. The Bertz CT molecular complexity index is 261.